The summed E-state index contributed by atoms with van der Waals surface area (Å²) in [5.74, 6) is 0.0829. The van der Waals surface area contributed by atoms with Crippen LogP contribution in [-0.2, 0) is 11.8 Å². The molecule has 1 amide bonds. The van der Waals surface area contributed by atoms with Crippen LogP contribution in [0.2, 0.25) is 0 Å². The summed E-state index contributed by atoms with van der Waals surface area (Å²) < 4.78 is 2.92. The number of nitrogens with one attached hydrogen (secondary N) is 1. The molecule has 0 aliphatic carbocycles. The molecule has 0 aromatic carbocycles. The first-order valence-corrected chi connectivity index (χ1v) is 6.32. The van der Waals surface area contributed by atoms with Crippen LogP contribution in [-0.4, -0.2) is 30.4 Å². The van der Waals surface area contributed by atoms with Crippen LogP contribution in [0, 0.1) is 24.0 Å². The van der Waals surface area contributed by atoms with Crippen molar-refractivity contribution >= 4 is 17.4 Å². The lowest BCUT2D eigenvalue weighted by Crippen LogP contribution is -2.25. The molecule has 1 atom stereocenters. The normalized spacial score (nSPS) is 12.2. The first-order valence-electron chi connectivity index (χ1n) is 6.32. The van der Waals surface area contributed by atoms with E-state index in [0.29, 0.717) is 11.5 Å². The van der Waals surface area contributed by atoms with Crippen LogP contribution >= 0.6 is 0 Å². The smallest absolute Gasteiger partial charge is 0.307 e. The van der Waals surface area contributed by atoms with Gasteiger partial charge in [0.2, 0.25) is 5.91 Å². The van der Waals surface area contributed by atoms with E-state index in [1.165, 1.54) is 4.68 Å². The first kappa shape index (κ1) is 14.7. The highest BCUT2D eigenvalue weighted by molar-refractivity contribution is 5.92. The molecule has 1 N–H and O–H groups in total. The standard InChI is InChI=1S/C12H16N6O3/c1-7-11(18(20)21)8(2)17(14-7)9(3)12(19)13-10-5-6-16(4)15-10/h5-6,9H,1-4H3,(H,13,15,19). The Morgan fingerprint density at radius 2 is 2.10 bits per heavy atom. The number of hydrogen-bond acceptors (Lipinski definition) is 5. The average Bonchev–Trinajstić information content (AvgIpc) is 2.92. The minimum atomic E-state index is -0.681. The van der Waals surface area contributed by atoms with Crippen molar-refractivity contribution in [2.24, 2.45) is 7.05 Å². The summed E-state index contributed by atoms with van der Waals surface area (Å²) in [6.07, 6.45) is 1.70. The summed E-state index contributed by atoms with van der Waals surface area (Å²) in [6.45, 7) is 4.75. The molecular formula is C12H16N6O3. The van der Waals surface area contributed by atoms with E-state index in [4.69, 9.17) is 0 Å². The second kappa shape index (κ2) is 5.35. The van der Waals surface area contributed by atoms with Crippen LogP contribution in [0.25, 0.3) is 0 Å². The average molecular weight is 292 g/mol. The zero-order valence-electron chi connectivity index (χ0n) is 12.2. The molecule has 1 unspecified atom stereocenters. The summed E-state index contributed by atoms with van der Waals surface area (Å²) in [4.78, 5) is 22.7. The number of hydrogen-bond donors (Lipinski definition) is 1. The van der Waals surface area contributed by atoms with Crippen LogP contribution in [0.1, 0.15) is 24.4 Å². The quantitative estimate of drug-likeness (QED) is 0.675. The Morgan fingerprint density at radius 3 is 2.57 bits per heavy atom. The molecule has 0 saturated carbocycles. The van der Waals surface area contributed by atoms with Gasteiger partial charge in [0.1, 0.15) is 17.4 Å². The Labute approximate surface area is 120 Å². The number of aromatic nitrogens is 4. The van der Waals surface area contributed by atoms with Crippen LogP contribution in [0.15, 0.2) is 12.3 Å². The Bertz CT molecular complexity index is 702. The molecule has 0 spiro atoms. The fourth-order valence-electron chi connectivity index (χ4n) is 2.12. The molecule has 2 aromatic rings. The van der Waals surface area contributed by atoms with Crippen molar-refractivity contribution in [2.75, 3.05) is 5.32 Å². The van der Waals surface area contributed by atoms with Gasteiger partial charge < -0.3 is 5.32 Å². The first-order chi connectivity index (χ1) is 9.81. The van der Waals surface area contributed by atoms with Crippen molar-refractivity contribution < 1.29 is 9.72 Å². The van der Waals surface area contributed by atoms with Crippen LogP contribution in [0.3, 0.4) is 0 Å². The van der Waals surface area contributed by atoms with Crippen LogP contribution in [0.5, 0.6) is 0 Å². The zero-order chi connectivity index (χ0) is 15.7. The SMILES string of the molecule is Cc1nn(C(C)C(=O)Nc2ccn(C)n2)c(C)c1[N+](=O)[O-]. The van der Waals surface area contributed by atoms with Gasteiger partial charge in [-0.2, -0.15) is 10.2 Å². The maximum absolute atomic E-state index is 12.2. The molecule has 0 saturated heterocycles. The van der Waals surface area contributed by atoms with Gasteiger partial charge in [-0.05, 0) is 20.8 Å². The summed E-state index contributed by atoms with van der Waals surface area (Å²) in [5, 5.41) is 21.8. The van der Waals surface area contributed by atoms with Crippen molar-refractivity contribution in [1.82, 2.24) is 19.6 Å². The third-order valence-corrected chi connectivity index (χ3v) is 3.18. The van der Waals surface area contributed by atoms with E-state index in [2.05, 4.69) is 15.5 Å². The third-order valence-electron chi connectivity index (χ3n) is 3.18. The minimum absolute atomic E-state index is 0.0625. The van der Waals surface area contributed by atoms with Gasteiger partial charge in [0.15, 0.2) is 5.82 Å². The molecule has 0 radical (unpaired) electrons. The molecule has 112 valence electrons. The third kappa shape index (κ3) is 2.76. The van der Waals surface area contributed by atoms with Crippen LogP contribution < -0.4 is 5.32 Å². The van der Waals surface area contributed by atoms with Crippen molar-refractivity contribution in [1.29, 1.82) is 0 Å². The maximum atomic E-state index is 12.2. The summed E-state index contributed by atoms with van der Waals surface area (Å²) in [5.41, 5.74) is 0.573. The van der Waals surface area contributed by atoms with E-state index in [1.807, 2.05) is 0 Å². The van der Waals surface area contributed by atoms with Gasteiger partial charge in [0.25, 0.3) is 0 Å². The molecular weight excluding hydrogens is 276 g/mol. The summed E-state index contributed by atoms with van der Waals surface area (Å²) in [6, 6.07) is 0.980. The number of amides is 1. The largest absolute Gasteiger partial charge is 0.312 e. The molecule has 0 aliphatic heterocycles. The second-order valence-corrected chi connectivity index (χ2v) is 4.76. The predicted molar refractivity (Wildman–Crippen MR) is 74.9 cm³/mol. The van der Waals surface area contributed by atoms with E-state index in [9.17, 15) is 14.9 Å². The highest BCUT2D eigenvalue weighted by Crippen LogP contribution is 2.24. The van der Waals surface area contributed by atoms with Crippen molar-refractivity contribution in [3.05, 3.63) is 33.8 Å². The van der Waals surface area contributed by atoms with Gasteiger partial charge in [-0.15, -0.1) is 0 Å². The second-order valence-electron chi connectivity index (χ2n) is 4.76. The maximum Gasteiger partial charge on any atom is 0.312 e. The number of carbonyl (C=O) groups is 1. The molecule has 0 bridgehead atoms. The van der Waals surface area contributed by atoms with Gasteiger partial charge in [-0.3, -0.25) is 24.3 Å². The molecule has 0 aliphatic rings. The number of nitrogens with zero attached hydrogens (tertiary/aromatic N) is 5. The summed E-state index contributed by atoms with van der Waals surface area (Å²) >= 11 is 0. The Hall–Kier alpha value is -2.71. The van der Waals surface area contributed by atoms with E-state index >= 15 is 0 Å². The number of anilines is 1. The highest BCUT2D eigenvalue weighted by Gasteiger charge is 2.27. The molecule has 21 heavy (non-hydrogen) atoms. The fourth-order valence-corrected chi connectivity index (χ4v) is 2.12. The highest BCUT2D eigenvalue weighted by atomic mass is 16.6. The topological polar surface area (TPSA) is 108 Å². The molecule has 9 heteroatoms. The molecule has 2 rings (SSSR count). The summed E-state index contributed by atoms with van der Waals surface area (Å²) in [7, 11) is 1.74. The molecule has 9 nitrogen and oxygen atoms in total. The van der Waals surface area contributed by atoms with Gasteiger partial charge in [0.05, 0.1) is 4.92 Å². The van der Waals surface area contributed by atoms with Gasteiger partial charge >= 0.3 is 5.69 Å². The number of aryl methyl sites for hydroxylation is 2. The number of rotatable bonds is 4. The lowest BCUT2D eigenvalue weighted by molar-refractivity contribution is -0.386. The number of carbonyl (C=O) groups excluding carboxylic acids is 1. The van der Waals surface area contributed by atoms with E-state index in [1.54, 1.807) is 44.8 Å². The predicted octanol–water partition coefficient (Wildman–Crippen LogP) is 1.34. The molecule has 2 aromatic heterocycles. The van der Waals surface area contributed by atoms with Gasteiger partial charge in [-0.1, -0.05) is 0 Å². The minimum Gasteiger partial charge on any atom is -0.307 e. The van der Waals surface area contributed by atoms with E-state index in [-0.39, 0.29) is 17.3 Å². The zero-order valence-corrected chi connectivity index (χ0v) is 12.2. The Kier molecular flexibility index (Phi) is 3.74. The van der Waals surface area contributed by atoms with Crippen molar-refractivity contribution in [3.63, 3.8) is 0 Å². The van der Waals surface area contributed by atoms with E-state index < -0.39 is 11.0 Å². The fraction of sp³-hybridized carbons (Fsp3) is 0.417. The van der Waals surface area contributed by atoms with E-state index in [0.717, 1.165) is 0 Å². The molecule has 0 fully saturated rings. The lowest BCUT2D eigenvalue weighted by atomic mass is 10.3. The van der Waals surface area contributed by atoms with Gasteiger partial charge in [-0.25, -0.2) is 0 Å². The van der Waals surface area contributed by atoms with Crippen molar-refractivity contribution in [2.45, 2.75) is 26.8 Å². The Morgan fingerprint density at radius 1 is 1.43 bits per heavy atom. The van der Waals surface area contributed by atoms with Gasteiger partial charge in [0, 0.05) is 19.3 Å². The lowest BCUT2D eigenvalue weighted by Gasteiger charge is -2.12. The van der Waals surface area contributed by atoms with Crippen LogP contribution in [0.4, 0.5) is 11.5 Å². The number of nitro groups is 1. The van der Waals surface area contributed by atoms with Crippen molar-refractivity contribution in [3.8, 4) is 0 Å². The monoisotopic (exact) mass is 292 g/mol. The molecule has 2 heterocycles. The Balaban J connectivity index is 2.23.